The Morgan fingerprint density at radius 1 is 1.43 bits per heavy atom. The molecule has 1 aromatic carbocycles. The first-order chi connectivity index (χ1) is 9.99. The van der Waals surface area contributed by atoms with E-state index in [0.29, 0.717) is 5.69 Å². The highest BCUT2D eigenvalue weighted by atomic mass is 16.6. The van der Waals surface area contributed by atoms with Crippen LogP contribution in [0.5, 0.6) is 0 Å². The molecule has 0 bridgehead atoms. The number of nitrogens with zero attached hydrogens (tertiary/aromatic N) is 1. The molecule has 0 unspecified atom stereocenters. The van der Waals surface area contributed by atoms with Crippen LogP contribution < -0.4 is 16.0 Å². The highest BCUT2D eigenvalue weighted by molar-refractivity contribution is 6.00. The van der Waals surface area contributed by atoms with Gasteiger partial charge in [0, 0.05) is 24.9 Å². The van der Waals surface area contributed by atoms with Gasteiger partial charge in [-0.15, -0.1) is 6.42 Å². The first-order valence-electron chi connectivity index (χ1n) is 5.94. The molecule has 0 heterocycles. The van der Waals surface area contributed by atoms with E-state index in [1.165, 1.54) is 19.2 Å². The van der Waals surface area contributed by atoms with Crippen molar-refractivity contribution in [1.82, 2.24) is 10.6 Å². The Kier molecular flexibility index (Phi) is 5.70. The number of benzene rings is 1. The second-order valence-electron chi connectivity index (χ2n) is 3.90. The summed E-state index contributed by atoms with van der Waals surface area (Å²) in [7, 11) is 1.41. The predicted molar refractivity (Wildman–Crippen MR) is 76.8 cm³/mol. The molecule has 0 fully saturated rings. The molecule has 110 valence electrons. The van der Waals surface area contributed by atoms with Gasteiger partial charge in [0.2, 0.25) is 5.91 Å². The summed E-state index contributed by atoms with van der Waals surface area (Å²) in [6, 6.07) is 3.76. The van der Waals surface area contributed by atoms with E-state index in [1.54, 1.807) is 0 Å². The fourth-order valence-electron chi connectivity index (χ4n) is 1.51. The van der Waals surface area contributed by atoms with Crippen LogP contribution in [-0.4, -0.2) is 36.9 Å². The van der Waals surface area contributed by atoms with Crippen LogP contribution in [0.3, 0.4) is 0 Å². The highest BCUT2D eigenvalue weighted by Crippen LogP contribution is 2.22. The van der Waals surface area contributed by atoms with Gasteiger partial charge in [0.1, 0.15) is 0 Å². The molecule has 1 aromatic rings. The Morgan fingerprint density at radius 3 is 2.71 bits per heavy atom. The molecule has 8 nitrogen and oxygen atoms in total. The smallest absolute Gasteiger partial charge is 0.270 e. The Labute approximate surface area is 121 Å². The van der Waals surface area contributed by atoms with Crippen LogP contribution in [-0.2, 0) is 4.79 Å². The molecular formula is C13H14N4O4. The largest absolute Gasteiger partial charge is 0.376 e. The topological polar surface area (TPSA) is 113 Å². The summed E-state index contributed by atoms with van der Waals surface area (Å²) >= 11 is 0. The van der Waals surface area contributed by atoms with Crippen molar-refractivity contribution in [3.8, 4) is 12.3 Å². The Hall–Kier alpha value is -3.08. The van der Waals surface area contributed by atoms with Crippen LogP contribution in [0.4, 0.5) is 11.4 Å². The van der Waals surface area contributed by atoms with Gasteiger partial charge in [-0.05, 0) is 6.07 Å². The fraction of sp³-hybridized carbons (Fsp3) is 0.231. The van der Waals surface area contributed by atoms with Gasteiger partial charge in [-0.1, -0.05) is 5.92 Å². The average molecular weight is 290 g/mol. The first kappa shape index (κ1) is 16.0. The number of nitro groups is 1. The normalized spacial score (nSPS) is 9.33. The SMILES string of the molecule is C#CCNC(=O)CNc1ccc([N+](=O)[O-])cc1C(=O)NC. The third-order valence-electron chi connectivity index (χ3n) is 2.51. The molecule has 8 heteroatoms. The number of carbonyl (C=O) groups is 2. The van der Waals surface area contributed by atoms with Gasteiger partial charge in [-0.25, -0.2) is 0 Å². The molecule has 0 radical (unpaired) electrons. The minimum Gasteiger partial charge on any atom is -0.376 e. The van der Waals surface area contributed by atoms with Crippen LogP contribution >= 0.6 is 0 Å². The maximum Gasteiger partial charge on any atom is 0.270 e. The summed E-state index contributed by atoms with van der Waals surface area (Å²) < 4.78 is 0. The fourth-order valence-corrected chi connectivity index (χ4v) is 1.51. The van der Waals surface area contributed by atoms with E-state index in [2.05, 4.69) is 21.9 Å². The number of rotatable bonds is 6. The number of nitro benzene ring substituents is 1. The minimum absolute atomic E-state index is 0.0800. The van der Waals surface area contributed by atoms with Crippen molar-refractivity contribution in [1.29, 1.82) is 0 Å². The molecule has 21 heavy (non-hydrogen) atoms. The zero-order valence-corrected chi connectivity index (χ0v) is 11.3. The third kappa shape index (κ3) is 4.50. The van der Waals surface area contributed by atoms with E-state index in [1.807, 2.05) is 0 Å². The Balaban J connectivity index is 2.91. The monoisotopic (exact) mass is 290 g/mol. The molecule has 1 rings (SSSR count). The summed E-state index contributed by atoms with van der Waals surface area (Å²) in [6.07, 6.45) is 5.01. The summed E-state index contributed by atoms with van der Waals surface area (Å²) in [5.74, 6) is 1.41. The number of carbonyl (C=O) groups excluding carboxylic acids is 2. The second kappa shape index (κ2) is 7.49. The van der Waals surface area contributed by atoms with Crippen molar-refractivity contribution in [3.63, 3.8) is 0 Å². The van der Waals surface area contributed by atoms with Gasteiger partial charge < -0.3 is 16.0 Å². The number of hydrogen-bond acceptors (Lipinski definition) is 5. The van der Waals surface area contributed by atoms with E-state index < -0.39 is 10.8 Å². The molecule has 3 N–H and O–H groups in total. The number of nitrogens with one attached hydrogen (secondary N) is 3. The van der Waals surface area contributed by atoms with Crippen LogP contribution in [0.15, 0.2) is 18.2 Å². The number of anilines is 1. The molecule has 0 spiro atoms. The van der Waals surface area contributed by atoms with Crippen LogP contribution in [0.25, 0.3) is 0 Å². The quantitative estimate of drug-likeness (QED) is 0.391. The molecule has 2 amide bonds. The maximum atomic E-state index is 11.7. The molecule has 0 saturated heterocycles. The van der Waals surface area contributed by atoms with Gasteiger partial charge in [0.05, 0.1) is 23.6 Å². The van der Waals surface area contributed by atoms with Gasteiger partial charge in [-0.2, -0.15) is 0 Å². The summed E-state index contributed by atoms with van der Waals surface area (Å²) in [5.41, 5.74) is 0.184. The standard InChI is InChI=1S/C13H14N4O4/c1-3-6-15-12(18)8-16-11-5-4-9(17(20)21)7-10(11)13(19)14-2/h1,4-5,7,16H,6,8H2,2H3,(H,14,19)(H,15,18). The van der Waals surface area contributed by atoms with Crippen molar-refractivity contribution in [3.05, 3.63) is 33.9 Å². The van der Waals surface area contributed by atoms with E-state index in [-0.39, 0.29) is 30.2 Å². The van der Waals surface area contributed by atoms with Crippen LogP contribution in [0, 0.1) is 22.5 Å². The molecule has 0 saturated carbocycles. The number of amides is 2. The van der Waals surface area contributed by atoms with Crippen molar-refractivity contribution in [2.45, 2.75) is 0 Å². The van der Waals surface area contributed by atoms with Crippen molar-refractivity contribution in [2.75, 3.05) is 25.5 Å². The minimum atomic E-state index is -0.601. The number of hydrogen-bond donors (Lipinski definition) is 3. The van der Waals surface area contributed by atoms with Crippen LogP contribution in [0.2, 0.25) is 0 Å². The number of terminal acetylenes is 1. The molecule has 0 aromatic heterocycles. The molecule has 0 aliphatic carbocycles. The Bertz CT molecular complexity index is 607. The lowest BCUT2D eigenvalue weighted by molar-refractivity contribution is -0.384. The summed E-state index contributed by atoms with van der Waals surface area (Å²) in [4.78, 5) is 33.3. The molecule has 0 aliphatic rings. The van der Waals surface area contributed by atoms with Crippen molar-refractivity contribution in [2.24, 2.45) is 0 Å². The summed E-state index contributed by atoms with van der Waals surface area (Å²) in [5, 5.41) is 18.3. The predicted octanol–water partition coefficient (Wildman–Crippen LogP) is 0.116. The highest BCUT2D eigenvalue weighted by Gasteiger charge is 2.16. The third-order valence-corrected chi connectivity index (χ3v) is 2.51. The van der Waals surface area contributed by atoms with E-state index in [0.717, 1.165) is 6.07 Å². The van der Waals surface area contributed by atoms with Crippen molar-refractivity contribution < 1.29 is 14.5 Å². The lowest BCUT2D eigenvalue weighted by Gasteiger charge is -2.10. The maximum absolute atomic E-state index is 11.7. The van der Waals surface area contributed by atoms with Gasteiger partial charge >= 0.3 is 0 Å². The van der Waals surface area contributed by atoms with E-state index in [9.17, 15) is 19.7 Å². The zero-order chi connectivity index (χ0) is 15.8. The van der Waals surface area contributed by atoms with E-state index in [4.69, 9.17) is 6.42 Å². The molecule has 0 atom stereocenters. The van der Waals surface area contributed by atoms with Gasteiger partial charge in [0.15, 0.2) is 0 Å². The average Bonchev–Trinajstić information content (AvgIpc) is 2.49. The lowest BCUT2D eigenvalue weighted by Crippen LogP contribution is -2.30. The van der Waals surface area contributed by atoms with Crippen LogP contribution in [0.1, 0.15) is 10.4 Å². The zero-order valence-electron chi connectivity index (χ0n) is 11.3. The number of non-ortho nitro benzene ring substituents is 1. The molecule has 0 aliphatic heterocycles. The van der Waals surface area contributed by atoms with Crippen molar-refractivity contribution >= 4 is 23.2 Å². The summed E-state index contributed by atoms with van der Waals surface area (Å²) in [6.45, 7) is -0.00738. The van der Waals surface area contributed by atoms with Gasteiger partial charge in [-0.3, -0.25) is 19.7 Å². The Morgan fingerprint density at radius 2 is 2.14 bits per heavy atom. The second-order valence-corrected chi connectivity index (χ2v) is 3.90. The van der Waals surface area contributed by atoms with E-state index >= 15 is 0 Å². The molecular weight excluding hydrogens is 276 g/mol. The van der Waals surface area contributed by atoms with Gasteiger partial charge in [0.25, 0.3) is 11.6 Å². The lowest BCUT2D eigenvalue weighted by atomic mass is 10.1. The first-order valence-corrected chi connectivity index (χ1v) is 5.94.